The van der Waals surface area contributed by atoms with Crippen LogP contribution < -0.4 is 5.19 Å². The quantitative estimate of drug-likeness (QED) is 0.131. The molecule has 229 valence electrons. The summed E-state index contributed by atoms with van der Waals surface area (Å²) in [6.07, 6.45) is 3.86. The number of hydrogen-bond acceptors (Lipinski definition) is 3. The van der Waals surface area contributed by atoms with Crippen molar-refractivity contribution in [2.45, 2.75) is 53.2 Å². The predicted octanol–water partition coefficient (Wildman–Crippen LogP) is 10.9. The van der Waals surface area contributed by atoms with Crippen molar-refractivity contribution in [3.05, 3.63) is 126 Å². The molecule has 0 aliphatic carbocycles. The summed E-state index contributed by atoms with van der Waals surface area (Å²) in [5.41, 5.74) is 7.61. The van der Waals surface area contributed by atoms with Crippen LogP contribution in [0.3, 0.4) is 0 Å². The summed E-state index contributed by atoms with van der Waals surface area (Å²) >= 11 is 1.82. The van der Waals surface area contributed by atoms with Gasteiger partial charge in [-0.05, 0) is 63.4 Å². The van der Waals surface area contributed by atoms with E-state index in [4.69, 9.17) is 1.37 Å². The second kappa shape index (κ2) is 13.5. The Labute approximate surface area is 287 Å². The first-order chi connectivity index (χ1) is 21.4. The molecule has 0 N–H and O–H groups in total. The van der Waals surface area contributed by atoms with Crippen LogP contribution >= 0.6 is 11.3 Å². The number of benzene rings is 4. The molecule has 0 bridgehead atoms. The normalized spacial score (nSPS) is 12.0. The summed E-state index contributed by atoms with van der Waals surface area (Å²) in [7, 11) is -1.27. The molecule has 0 amide bonds. The zero-order valence-electron chi connectivity index (χ0n) is 27.9. The number of aryl methyl sites for hydroxylation is 2. The Hall–Kier alpha value is -3.47. The molecule has 0 saturated carbocycles. The SMILES string of the molecule is Cc1cc(-c2[c-]cccc2)ncc1[Si](C)(C)C.[2H]C(C)(C)c1ccnc(-c2[c-]ccc3c2sc2c3ccc3cccc(C)c32)c1.[Ir]. The summed E-state index contributed by atoms with van der Waals surface area (Å²) in [5.74, 6) is -0.654. The predicted molar refractivity (Wildman–Crippen MR) is 194 cm³/mol. The topological polar surface area (TPSA) is 25.8 Å². The molecular weight excluding hydrogens is 761 g/mol. The van der Waals surface area contributed by atoms with Gasteiger partial charge in [0, 0.05) is 44.0 Å². The molecular formula is C40H38IrN2SSi-2. The second-order valence-electron chi connectivity index (χ2n) is 12.7. The van der Waals surface area contributed by atoms with Crippen molar-refractivity contribution in [2.75, 3.05) is 0 Å². The molecule has 45 heavy (non-hydrogen) atoms. The fraction of sp³-hybridized carbons (Fsp3) is 0.200. The molecule has 0 aliphatic heterocycles. The summed E-state index contributed by atoms with van der Waals surface area (Å²) in [4.78, 5) is 9.20. The summed E-state index contributed by atoms with van der Waals surface area (Å²) in [6, 6.07) is 35.8. The van der Waals surface area contributed by atoms with E-state index in [1.165, 1.54) is 47.3 Å². The summed E-state index contributed by atoms with van der Waals surface area (Å²) < 4.78 is 10.9. The van der Waals surface area contributed by atoms with Gasteiger partial charge in [0.05, 0.1) is 8.07 Å². The minimum Gasteiger partial charge on any atom is -0.305 e. The number of hydrogen-bond donors (Lipinski definition) is 0. The zero-order chi connectivity index (χ0) is 31.9. The van der Waals surface area contributed by atoms with Crippen molar-refractivity contribution in [3.8, 4) is 22.5 Å². The molecule has 0 saturated heterocycles. The van der Waals surface area contributed by atoms with Gasteiger partial charge in [-0.25, -0.2) is 0 Å². The van der Waals surface area contributed by atoms with E-state index in [9.17, 15) is 0 Å². The van der Waals surface area contributed by atoms with Crippen LogP contribution in [0.1, 0.15) is 37.8 Å². The van der Waals surface area contributed by atoms with Crippen LogP contribution in [0.15, 0.2) is 97.3 Å². The molecule has 3 heterocycles. The van der Waals surface area contributed by atoms with Crippen LogP contribution in [0.25, 0.3) is 53.5 Å². The minimum atomic E-state index is -1.27. The van der Waals surface area contributed by atoms with E-state index < -0.39 is 14.0 Å². The van der Waals surface area contributed by atoms with Gasteiger partial charge < -0.3 is 9.97 Å². The van der Waals surface area contributed by atoms with Gasteiger partial charge in [-0.2, -0.15) is 11.3 Å². The number of fused-ring (bicyclic) bond motifs is 5. The minimum absolute atomic E-state index is 0. The van der Waals surface area contributed by atoms with Crippen molar-refractivity contribution in [2.24, 2.45) is 0 Å². The second-order valence-corrected chi connectivity index (χ2v) is 18.7. The first-order valence-corrected chi connectivity index (χ1v) is 19.4. The van der Waals surface area contributed by atoms with Crippen LogP contribution in [0.4, 0.5) is 0 Å². The largest absolute Gasteiger partial charge is 0.305 e. The fourth-order valence-corrected chi connectivity index (χ4v) is 8.99. The third-order valence-corrected chi connectivity index (χ3v) is 11.5. The molecule has 5 heteroatoms. The first-order valence-electron chi connectivity index (χ1n) is 15.6. The third-order valence-electron chi connectivity index (χ3n) is 8.15. The monoisotopic (exact) mass is 800 g/mol. The van der Waals surface area contributed by atoms with Gasteiger partial charge in [0.25, 0.3) is 0 Å². The molecule has 2 nitrogen and oxygen atoms in total. The van der Waals surface area contributed by atoms with Crippen LogP contribution in [-0.4, -0.2) is 18.0 Å². The van der Waals surface area contributed by atoms with E-state index in [0.717, 1.165) is 28.1 Å². The fourth-order valence-electron chi connectivity index (χ4n) is 5.86. The molecule has 0 spiro atoms. The number of nitrogens with zero attached hydrogens (tertiary/aromatic N) is 2. The Kier molecular flexibility index (Phi) is 9.44. The van der Waals surface area contributed by atoms with Gasteiger partial charge >= 0.3 is 0 Å². The maximum Gasteiger partial charge on any atom is 0.0798 e. The van der Waals surface area contributed by atoms with E-state index in [1.54, 1.807) is 6.20 Å². The smallest absolute Gasteiger partial charge is 0.0798 e. The molecule has 0 fully saturated rings. The van der Waals surface area contributed by atoms with Gasteiger partial charge in [0.15, 0.2) is 0 Å². The Morgan fingerprint density at radius 3 is 2.29 bits per heavy atom. The molecule has 7 rings (SSSR count). The first kappa shape index (κ1) is 31.5. The Balaban J connectivity index is 0.000000200. The van der Waals surface area contributed by atoms with E-state index >= 15 is 0 Å². The summed E-state index contributed by atoms with van der Waals surface area (Å²) in [5, 5.41) is 6.59. The molecule has 7 aromatic rings. The number of rotatable bonds is 4. The average Bonchev–Trinajstić information content (AvgIpc) is 3.40. The number of thiophene rings is 1. The van der Waals surface area contributed by atoms with Crippen LogP contribution in [-0.2, 0) is 20.1 Å². The standard InChI is InChI=1S/C25H20NS.C15H18NSi.Ir/c1-15(2)18-12-13-26-22(14-18)21-9-5-8-19-20-11-10-17-7-4-6-16(3)23(17)25(20)27-24(19)21;1-12-10-14(13-8-6-5-7-9-13)16-11-15(12)17(2,3)4;/h4-8,10-15H,1-3H3;5-8,10-11H,1-4H3;/q2*-1;/i15D;;. The summed E-state index contributed by atoms with van der Waals surface area (Å²) in [6.45, 7) is 15.2. The molecule has 0 unspecified atom stereocenters. The van der Waals surface area contributed by atoms with E-state index in [0.29, 0.717) is 0 Å². The molecule has 0 aliphatic rings. The van der Waals surface area contributed by atoms with Crippen LogP contribution in [0, 0.1) is 26.0 Å². The van der Waals surface area contributed by atoms with E-state index in [1.807, 2.05) is 61.6 Å². The molecule has 1 radical (unpaired) electrons. The maximum atomic E-state index is 8.36. The zero-order valence-corrected chi connectivity index (χ0v) is 31.1. The maximum absolute atomic E-state index is 8.36. The van der Waals surface area contributed by atoms with Gasteiger partial charge in [0.1, 0.15) is 0 Å². The van der Waals surface area contributed by atoms with Crippen LogP contribution in [0.2, 0.25) is 19.6 Å². The van der Waals surface area contributed by atoms with Crippen molar-refractivity contribution in [1.82, 2.24) is 9.97 Å². The number of pyridine rings is 2. The average molecular weight is 800 g/mol. The van der Waals surface area contributed by atoms with Crippen molar-refractivity contribution in [3.63, 3.8) is 0 Å². The van der Waals surface area contributed by atoms with E-state index in [2.05, 4.69) is 110 Å². The molecule has 4 aromatic carbocycles. The van der Waals surface area contributed by atoms with Gasteiger partial charge in [-0.15, -0.1) is 59.7 Å². The third kappa shape index (κ3) is 6.73. The van der Waals surface area contributed by atoms with Gasteiger partial charge in [-0.3, -0.25) is 0 Å². The molecule has 0 atom stereocenters. The van der Waals surface area contributed by atoms with Crippen molar-refractivity contribution in [1.29, 1.82) is 0 Å². The van der Waals surface area contributed by atoms with Gasteiger partial charge in [0.2, 0.25) is 0 Å². The Morgan fingerprint density at radius 2 is 1.58 bits per heavy atom. The molecule has 3 aromatic heterocycles. The van der Waals surface area contributed by atoms with Crippen molar-refractivity contribution < 1.29 is 21.5 Å². The van der Waals surface area contributed by atoms with Gasteiger partial charge in [-0.1, -0.05) is 92.5 Å². The van der Waals surface area contributed by atoms with Crippen LogP contribution in [0.5, 0.6) is 0 Å². The Bertz CT molecular complexity index is 2160. The van der Waals surface area contributed by atoms with Crippen molar-refractivity contribution >= 4 is 55.5 Å². The van der Waals surface area contributed by atoms with E-state index in [-0.39, 0.29) is 20.1 Å². The Morgan fingerprint density at radius 1 is 0.778 bits per heavy atom. The number of aromatic nitrogens is 2.